The summed E-state index contributed by atoms with van der Waals surface area (Å²) in [6.45, 7) is 2.54. The predicted molar refractivity (Wildman–Crippen MR) is 99.6 cm³/mol. The molecular formula is C20H21F4N3O3. The third kappa shape index (κ3) is 5.05. The largest absolute Gasteiger partial charge is 0.433 e. The summed E-state index contributed by atoms with van der Waals surface area (Å²) in [6.07, 6.45) is -2.40. The Kier molecular flexibility index (Phi) is 6.55. The third-order valence-corrected chi connectivity index (χ3v) is 4.94. The van der Waals surface area contributed by atoms with Crippen molar-refractivity contribution in [2.75, 3.05) is 13.2 Å². The normalized spacial score (nSPS) is 18.7. The van der Waals surface area contributed by atoms with Gasteiger partial charge in [-0.1, -0.05) is 6.07 Å². The maximum Gasteiger partial charge on any atom is 0.433 e. The second-order valence-electron chi connectivity index (χ2n) is 7.06. The number of halogens is 4. The fourth-order valence-corrected chi connectivity index (χ4v) is 3.28. The van der Waals surface area contributed by atoms with Crippen molar-refractivity contribution >= 4 is 5.91 Å². The number of carbonyl (C=O) groups excluding carboxylic acids is 1. The molecule has 1 aliphatic rings. The number of pyridine rings is 2. The van der Waals surface area contributed by atoms with Crippen molar-refractivity contribution in [1.82, 2.24) is 14.9 Å². The molecule has 0 aliphatic heterocycles. The monoisotopic (exact) mass is 427 g/mol. The molecule has 0 radical (unpaired) electrons. The van der Waals surface area contributed by atoms with Gasteiger partial charge in [-0.15, -0.1) is 0 Å². The van der Waals surface area contributed by atoms with Gasteiger partial charge in [-0.3, -0.25) is 9.59 Å². The number of nitrogens with one attached hydrogen (secondary N) is 1. The molecule has 3 rings (SSSR count). The summed E-state index contributed by atoms with van der Waals surface area (Å²) in [7, 11) is 0. The highest BCUT2D eigenvalue weighted by atomic mass is 19.4. The van der Waals surface area contributed by atoms with E-state index in [-0.39, 0.29) is 30.7 Å². The van der Waals surface area contributed by atoms with E-state index in [1.54, 1.807) is 6.92 Å². The Morgan fingerprint density at radius 2 is 2.07 bits per heavy atom. The Morgan fingerprint density at radius 1 is 1.33 bits per heavy atom. The molecule has 1 saturated carbocycles. The minimum absolute atomic E-state index is 0.00996. The molecule has 10 heteroatoms. The Balaban J connectivity index is 1.61. The van der Waals surface area contributed by atoms with E-state index in [9.17, 15) is 27.2 Å². The lowest BCUT2D eigenvalue weighted by Crippen LogP contribution is -2.44. The van der Waals surface area contributed by atoms with Crippen LogP contribution in [0.5, 0.6) is 0 Å². The number of alkyl halides is 3. The van der Waals surface area contributed by atoms with Crippen LogP contribution in [0.1, 0.15) is 47.4 Å². The van der Waals surface area contributed by atoms with Gasteiger partial charge in [0, 0.05) is 37.0 Å². The van der Waals surface area contributed by atoms with Crippen LogP contribution in [0.4, 0.5) is 17.6 Å². The van der Waals surface area contributed by atoms with Crippen LogP contribution in [0.15, 0.2) is 35.3 Å². The lowest BCUT2D eigenvalue weighted by atomic mass is 9.78. The van der Waals surface area contributed by atoms with E-state index in [1.165, 1.54) is 18.3 Å². The van der Waals surface area contributed by atoms with Gasteiger partial charge < -0.3 is 14.6 Å². The molecule has 1 amide bonds. The van der Waals surface area contributed by atoms with Gasteiger partial charge in [-0.25, -0.2) is 9.37 Å². The van der Waals surface area contributed by atoms with Gasteiger partial charge in [0.2, 0.25) is 0 Å². The van der Waals surface area contributed by atoms with Crippen LogP contribution in [-0.2, 0) is 17.5 Å². The summed E-state index contributed by atoms with van der Waals surface area (Å²) in [5, 5.41) is 2.72. The molecule has 0 saturated heterocycles. The lowest BCUT2D eigenvalue weighted by Gasteiger charge is -2.35. The highest BCUT2D eigenvalue weighted by molar-refractivity contribution is 5.94. The molecule has 2 heterocycles. The SMILES string of the molecule is CCOCCn1cc(C(=O)NC2CC(c3cccc(C(F)(F)F)n3)C2)cc(F)c1=O. The summed E-state index contributed by atoms with van der Waals surface area (Å²) < 4.78 is 58.5. The molecule has 0 atom stereocenters. The zero-order valence-corrected chi connectivity index (χ0v) is 16.2. The summed E-state index contributed by atoms with van der Waals surface area (Å²) in [6, 6.07) is 4.36. The molecule has 0 bridgehead atoms. The van der Waals surface area contributed by atoms with Crippen LogP contribution in [0.25, 0.3) is 0 Å². The predicted octanol–water partition coefficient (Wildman–Crippen LogP) is 3.11. The molecule has 1 aliphatic carbocycles. The van der Waals surface area contributed by atoms with Crippen molar-refractivity contribution in [3.8, 4) is 0 Å². The third-order valence-electron chi connectivity index (χ3n) is 4.94. The van der Waals surface area contributed by atoms with E-state index in [2.05, 4.69) is 10.3 Å². The molecule has 0 unspecified atom stereocenters. The maximum absolute atomic E-state index is 13.9. The van der Waals surface area contributed by atoms with Crippen LogP contribution in [-0.4, -0.2) is 34.7 Å². The molecular weight excluding hydrogens is 406 g/mol. The van der Waals surface area contributed by atoms with Gasteiger partial charge in [0.1, 0.15) is 5.69 Å². The van der Waals surface area contributed by atoms with Crippen molar-refractivity contribution in [3.05, 3.63) is 63.6 Å². The van der Waals surface area contributed by atoms with E-state index in [0.29, 0.717) is 25.1 Å². The second-order valence-corrected chi connectivity index (χ2v) is 7.06. The van der Waals surface area contributed by atoms with Gasteiger partial charge in [-0.2, -0.15) is 13.2 Å². The summed E-state index contributed by atoms with van der Waals surface area (Å²) in [5.41, 5.74) is -1.47. The quantitative estimate of drug-likeness (QED) is 0.545. The highest BCUT2D eigenvalue weighted by Crippen LogP contribution is 2.37. The Bertz CT molecular complexity index is 968. The van der Waals surface area contributed by atoms with E-state index in [1.807, 2.05) is 0 Å². The lowest BCUT2D eigenvalue weighted by molar-refractivity contribution is -0.141. The van der Waals surface area contributed by atoms with Crippen LogP contribution in [0, 0.1) is 5.82 Å². The first kappa shape index (κ1) is 21.9. The average molecular weight is 427 g/mol. The molecule has 0 aromatic carbocycles. The molecule has 30 heavy (non-hydrogen) atoms. The highest BCUT2D eigenvalue weighted by Gasteiger charge is 2.36. The summed E-state index contributed by atoms with van der Waals surface area (Å²) in [5.74, 6) is -1.80. The average Bonchev–Trinajstić information content (AvgIpc) is 2.66. The number of aromatic nitrogens is 2. The zero-order valence-electron chi connectivity index (χ0n) is 16.2. The number of amides is 1. The van der Waals surface area contributed by atoms with Gasteiger partial charge in [0.15, 0.2) is 5.82 Å². The number of rotatable bonds is 7. The number of nitrogens with zero attached hydrogens (tertiary/aromatic N) is 2. The van der Waals surface area contributed by atoms with Crippen LogP contribution < -0.4 is 10.9 Å². The maximum atomic E-state index is 13.9. The summed E-state index contributed by atoms with van der Waals surface area (Å²) in [4.78, 5) is 27.9. The Morgan fingerprint density at radius 3 is 2.73 bits per heavy atom. The van der Waals surface area contributed by atoms with E-state index >= 15 is 0 Å². The van der Waals surface area contributed by atoms with Crippen molar-refractivity contribution in [2.45, 2.75) is 44.4 Å². The number of ether oxygens (including phenoxy) is 1. The van der Waals surface area contributed by atoms with E-state index in [4.69, 9.17) is 4.74 Å². The van der Waals surface area contributed by atoms with Crippen molar-refractivity contribution in [2.24, 2.45) is 0 Å². The van der Waals surface area contributed by atoms with Gasteiger partial charge in [0.25, 0.3) is 11.5 Å². The summed E-state index contributed by atoms with van der Waals surface area (Å²) >= 11 is 0. The van der Waals surface area contributed by atoms with Gasteiger partial charge in [0.05, 0.1) is 12.2 Å². The van der Waals surface area contributed by atoms with E-state index in [0.717, 1.165) is 16.7 Å². The molecule has 2 aromatic rings. The standard InChI is InChI=1S/C20H21F4N3O3/c1-2-30-7-6-27-11-13(10-15(21)19(27)29)18(28)25-14-8-12(9-14)16-4-3-5-17(26-16)20(22,23)24/h3-5,10-12,14H,2,6-9H2,1H3,(H,25,28). The first-order valence-corrected chi connectivity index (χ1v) is 9.51. The first-order valence-electron chi connectivity index (χ1n) is 9.51. The van der Waals surface area contributed by atoms with Crippen LogP contribution in [0.3, 0.4) is 0 Å². The first-order chi connectivity index (χ1) is 14.2. The molecule has 1 N–H and O–H groups in total. The molecule has 0 spiro atoms. The van der Waals surface area contributed by atoms with Gasteiger partial charge >= 0.3 is 6.18 Å². The Labute approximate surface area is 169 Å². The molecule has 2 aromatic heterocycles. The minimum Gasteiger partial charge on any atom is -0.380 e. The molecule has 6 nitrogen and oxygen atoms in total. The zero-order chi connectivity index (χ0) is 21.9. The van der Waals surface area contributed by atoms with E-state index < -0.39 is 29.2 Å². The molecule has 1 fully saturated rings. The topological polar surface area (TPSA) is 73.2 Å². The fraction of sp³-hybridized carbons (Fsp3) is 0.450. The van der Waals surface area contributed by atoms with Gasteiger partial charge in [-0.05, 0) is 38.0 Å². The Hall–Kier alpha value is -2.75. The fourth-order valence-electron chi connectivity index (χ4n) is 3.28. The number of hydrogen-bond donors (Lipinski definition) is 1. The van der Waals surface area contributed by atoms with Crippen molar-refractivity contribution < 1.29 is 27.1 Å². The van der Waals surface area contributed by atoms with Crippen LogP contribution >= 0.6 is 0 Å². The van der Waals surface area contributed by atoms with Crippen molar-refractivity contribution in [1.29, 1.82) is 0 Å². The smallest absolute Gasteiger partial charge is 0.380 e. The number of carbonyl (C=O) groups is 1. The second kappa shape index (κ2) is 8.95. The van der Waals surface area contributed by atoms with Crippen molar-refractivity contribution in [3.63, 3.8) is 0 Å². The molecule has 162 valence electrons. The number of hydrogen-bond acceptors (Lipinski definition) is 4. The minimum atomic E-state index is -4.51. The van der Waals surface area contributed by atoms with Crippen LogP contribution in [0.2, 0.25) is 0 Å².